The van der Waals surface area contributed by atoms with Gasteiger partial charge in [-0.25, -0.2) is 0 Å². The molecule has 12 heavy (non-hydrogen) atoms. The zero-order chi connectivity index (χ0) is 8.81. The molecule has 1 aromatic rings. The van der Waals surface area contributed by atoms with E-state index in [-0.39, 0.29) is 5.71 Å². The Morgan fingerprint density at radius 3 is 3.00 bits per heavy atom. The van der Waals surface area contributed by atoms with Crippen LogP contribution in [0.5, 0.6) is 0 Å². The first-order chi connectivity index (χ1) is 5.88. The molecule has 0 N–H and O–H groups in total. The van der Waals surface area contributed by atoms with E-state index in [1.54, 1.807) is 24.4 Å². The van der Waals surface area contributed by atoms with Crippen LogP contribution in [-0.4, -0.2) is 17.8 Å². The average molecular weight is 161 g/mol. The van der Waals surface area contributed by atoms with Gasteiger partial charge in [-0.15, -0.1) is 0 Å². The molecule has 0 aliphatic heterocycles. The maximum atomic E-state index is 8.61. The Hall–Kier alpha value is -1.89. The molecule has 4 heteroatoms. The van der Waals surface area contributed by atoms with E-state index in [1.807, 2.05) is 6.07 Å². The number of rotatable bonds is 2. The molecule has 0 radical (unpaired) electrons. The van der Waals surface area contributed by atoms with Gasteiger partial charge in [-0.1, -0.05) is 11.2 Å². The number of nitrogens with zero attached hydrogens (tertiary/aromatic N) is 3. The van der Waals surface area contributed by atoms with Crippen LogP contribution in [0.15, 0.2) is 29.6 Å². The third-order valence-corrected chi connectivity index (χ3v) is 1.20. The minimum absolute atomic E-state index is 0.179. The second-order valence-electron chi connectivity index (χ2n) is 1.95. The maximum absolute atomic E-state index is 8.61. The molecule has 0 spiro atoms. The summed E-state index contributed by atoms with van der Waals surface area (Å²) in [4.78, 5) is 8.41. The van der Waals surface area contributed by atoms with Crippen LogP contribution in [-0.2, 0) is 4.84 Å². The summed E-state index contributed by atoms with van der Waals surface area (Å²) in [5.74, 6) is 0. The predicted octanol–water partition coefficient (Wildman–Crippen LogP) is 0.956. The minimum atomic E-state index is 0.179. The van der Waals surface area contributed by atoms with Gasteiger partial charge in [-0.2, -0.15) is 5.26 Å². The number of pyridine rings is 1. The van der Waals surface area contributed by atoms with Crippen molar-refractivity contribution in [2.45, 2.75) is 0 Å². The van der Waals surface area contributed by atoms with Gasteiger partial charge in [0.1, 0.15) is 18.9 Å². The van der Waals surface area contributed by atoms with Gasteiger partial charge < -0.3 is 4.84 Å². The molecule has 0 fully saturated rings. The summed E-state index contributed by atoms with van der Waals surface area (Å²) >= 11 is 0. The minimum Gasteiger partial charge on any atom is -0.398 e. The summed E-state index contributed by atoms with van der Waals surface area (Å²) in [6.07, 6.45) is 1.60. The van der Waals surface area contributed by atoms with Gasteiger partial charge in [0.15, 0.2) is 0 Å². The van der Waals surface area contributed by atoms with Crippen LogP contribution in [0.2, 0.25) is 0 Å². The standard InChI is InChI=1S/C8H7N3O/c1-12-11-8(6-9)7-4-2-3-5-10-7/h2-5H,1H3/b11-8+. The first kappa shape index (κ1) is 8.21. The van der Waals surface area contributed by atoms with E-state index in [0.717, 1.165) is 0 Å². The van der Waals surface area contributed by atoms with Crippen LogP contribution in [0.3, 0.4) is 0 Å². The molecule has 0 unspecified atom stereocenters. The molecule has 0 saturated heterocycles. The topological polar surface area (TPSA) is 58.3 Å². The van der Waals surface area contributed by atoms with Crippen molar-refractivity contribution in [2.24, 2.45) is 5.16 Å². The number of nitriles is 1. The Labute approximate surface area is 70.1 Å². The Balaban J connectivity index is 2.98. The van der Waals surface area contributed by atoms with Crippen LogP contribution < -0.4 is 0 Å². The third kappa shape index (κ3) is 1.80. The number of oxime groups is 1. The van der Waals surface area contributed by atoms with E-state index >= 15 is 0 Å². The fraction of sp³-hybridized carbons (Fsp3) is 0.125. The molecular weight excluding hydrogens is 154 g/mol. The quantitative estimate of drug-likeness (QED) is 0.479. The normalized spacial score (nSPS) is 10.5. The van der Waals surface area contributed by atoms with Crippen LogP contribution >= 0.6 is 0 Å². The van der Waals surface area contributed by atoms with Gasteiger partial charge in [0.25, 0.3) is 0 Å². The largest absolute Gasteiger partial charge is 0.398 e. The van der Waals surface area contributed by atoms with E-state index in [1.165, 1.54) is 7.11 Å². The third-order valence-electron chi connectivity index (χ3n) is 1.20. The Bertz CT molecular complexity index is 313. The maximum Gasteiger partial charge on any atom is 0.205 e. The molecule has 0 aliphatic rings. The van der Waals surface area contributed by atoms with E-state index in [9.17, 15) is 0 Å². The highest BCUT2D eigenvalue weighted by Gasteiger charge is 2.01. The molecule has 1 aromatic heterocycles. The van der Waals surface area contributed by atoms with E-state index in [4.69, 9.17) is 5.26 Å². The number of aromatic nitrogens is 1. The van der Waals surface area contributed by atoms with Gasteiger partial charge in [-0.05, 0) is 12.1 Å². The Kier molecular flexibility index (Phi) is 2.79. The van der Waals surface area contributed by atoms with Crippen molar-refractivity contribution in [3.8, 4) is 6.07 Å². The van der Waals surface area contributed by atoms with Gasteiger partial charge in [-0.3, -0.25) is 4.98 Å². The van der Waals surface area contributed by atoms with E-state index in [2.05, 4.69) is 15.0 Å². The van der Waals surface area contributed by atoms with Crippen molar-refractivity contribution in [3.63, 3.8) is 0 Å². The molecular formula is C8H7N3O. The lowest BCUT2D eigenvalue weighted by Crippen LogP contribution is -2.00. The van der Waals surface area contributed by atoms with Gasteiger partial charge in [0.2, 0.25) is 5.71 Å². The predicted molar refractivity (Wildman–Crippen MR) is 43.4 cm³/mol. The average Bonchev–Trinajstić information content (AvgIpc) is 2.15. The summed E-state index contributed by atoms with van der Waals surface area (Å²) < 4.78 is 0. The van der Waals surface area contributed by atoms with E-state index < -0.39 is 0 Å². The molecule has 4 nitrogen and oxygen atoms in total. The summed E-state index contributed by atoms with van der Waals surface area (Å²) in [7, 11) is 1.39. The number of hydrogen-bond donors (Lipinski definition) is 0. The molecule has 60 valence electrons. The zero-order valence-corrected chi connectivity index (χ0v) is 6.56. The summed E-state index contributed by atoms with van der Waals surface area (Å²) in [6.45, 7) is 0. The summed E-state index contributed by atoms with van der Waals surface area (Å²) in [5.41, 5.74) is 0.694. The molecule has 1 rings (SSSR count). The van der Waals surface area contributed by atoms with Crippen molar-refractivity contribution >= 4 is 5.71 Å². The molecule has 0 saturated carbocycles. The van der Waals surface area contributed by atoms with Crippen LogP contribution in [0.1, 0.15) is 5.69 Å². The van der Waals surface area contributed by atoms with Crippen molar-refractivity contribution in [1.82, 2.24) is 4.98 Å². The van der Waals surface area contributed by atoms with E-state index in [0.29, 0.717) is 5.69 Å². The SMILES string of the molecule is CO/N=C(\C#N)c1ccccn1. The lowest BCUT2D eigenvalue weighted by Gasteiger charge is -1.93. The zero-order valence-electron chi connectivity index (χ0n) is 6.56. The second-order valence-corrected chi connectivity index (χ2v) is 1.95. The van der Waals surface area contributed by atoms with Crippen molar-refractivity contribution < 1.29 is 4.84 Å². The first-order valence-electron chi connectivity index (χ1n) is 3.31. The Morgan fingerprint density at radius 2 is 2.50 bits per heavy atom. The van der Waals surface area contributed by atoms with Crippen LogP contribution in [0.4, 0.5) is 0 Å². The highest BCUT2D eigenvalue weighted by atomic mass is 16.6. The summed E-state index contributed by atoms with van der Waals surface area (Å²) in [5, 5.41) is 12.1. The lowest BCUT2D eigenvalue weighted by atomic mass is 10.2. The van der Waals surface area contributed by atoms with Gasteiger partial charge >= 0.3 is 0 Å². The molecule has 0 aliphatic carbocycles. The molecule has 0 aromatic carbocycles. The van der Waals surface area contributed by atoms with Crippen LogP contribution in [0.25, 0.3) is 0 Å². The fourth-order valence-electron chi connectivity index (χ4n) is 0.719. The van der Waals surface area contributed by atoms with Crippen LogP contribution in [0, 0.1) is 11.3 Å². The smallest absolute Gasteiger partial charge is 0.205 e. The molecule has 0 bridgehead atoms. The second kappa shape index (κ2) is 4.09. The fourth-order valence-corrected chi connectivity index (χ4v) is 0.719. The monoisotopic (exact) mass is 161 g/mol. The molecule has 1 heterocycles. The van der Waals surface area contributed by atoms with Crippen molar-refractivity contribution in [2.75, 3.05) is 7.11 Å². The molecule has 0 amide bonds. The highest BCUT2D eigenvalue weighted by Crippen LogP contribution is 1.95. The first-order valence-corrected chi connectivity index (χ1v) is 3.31. The van der Waals surface area contributed by atoms with Gasteiger partial charge in [0, 0.05) is 6.20 Å². The molecule has 0 atom stereocenters. The number of hydrogen-bond acceptors (Lipinski definition) is 4. The van der Waals surface area contributed by atoms with Crippen molar-refractivity contribution in [1.29, 1.82) is 5.26 Å². The highest BCUT2D eigenvalue weighted by molar-refractivity contribution is 6.09. The Morgan fingerprint density at radius 1 is 1.67 bits per heavy atom. The lowest BCUT2D eigenvalue weighted by molar-refractivity contribution is 0.214. The summed E-state index contributed by atoms with van der Waals surface area (Å²) in [6, 6.07) is 7.13. The van der Waals surface area contributed by atoms with Crippen molar-refractivity contribution in [3.05, 3.63) is 30.1 Å². The van der Waals surface area contributed by atoms with Gasteiger partial charge in [0.05, 0.1) is 0 Å².